The van der Waals surface area contributed by atoms with Gasteiger partial charge >= 0.3 is 0 Å². The molecule has 33 heavy (non-hydrogen) atoms. The third-order valence-electron chi connectivity index (χ3n) is 6.09. The lowest BCUT2D eigenvalue weighted by molar-refractivity contribution is -0.537. The van der Waals surface area contributed by atoms with Gasteiger partial charge in [-0.1, -0.05) is 54.6 Å². The molecule has 0 aliphatic heterocycles. The first-order chi connectivity index (χ1) is 16.1. The Morgan fingerprint density at radius 2 is 1.27 bits per heavy atom. The average molecular weight is 436 g/mol. The maximum absolute atomic E-state index is 6.01. The molecule has 0 amide bonds. The van der Waals surface area contributed by atoms with E-state index in [1.165, 1.54) is 0 Å². The quantitative estimate of drug-likeness (QED) is 0.249. The highest BCUT2D eigenvalue weighted by Crippen LogP contribution is 2.44. The standard InChI is InChI=1S/C29H27N2O2/c1-30(2)22-18-24-29(26(19-22)33-4)27(20-12-7-5-8-13-20)28-23(16-11-17-25(28)32-3)31(24)21-14-9-6-10-15-21/h5-19H,1-4H3/q+1. The highest BCUT2D eigenvalue weighted by molar-refractivity contribution is 6.12. The highest BCUT2D eigenvalue weighted by atomic mass is 16.5. The van der Waals surface area contributed by atoms with E-state index in [0.29, 0.717) is 0 Å². The number of aromatic nitrogens is 1. The van der Waals surface area contributed by atoms with Crippen molar-refractivity contribution < 1.29 is 14.0 Å². The maximum atomic E-state index is 6.01. The number of ether oxygens (including phenoxy) is 2. The number of benzene rings is 4. The highest BCUT2D eigenvalue weighted by Gasteiger charge is 2.28. The predicted octanol–water partition coefficient (Wildman–Crippen LogP) is 6.02. The van der Waals surface area contributed by atoms with Crippen molar-refractivity contribution in [1.29, 1.82) is 0 Å². The number of fused-ring (bicyclic) bond motifs is 2. The van der Waals surface area contributed by atoms with E-state index in [4.69, 9.17) is 9.47 Å². The molecule has 1 heterocycles. The Bertz CT molecular complexity index is 1450. The summed E-state index contributed by atoms with van der Waals surface area (Å²) in [5, 5.41) is 2.11. The van der Waals surface area contributed by atoms with Gasteiger partial charge in [-0.15, -0.1) is 0 Å². The van der Waals surface area contributed by atoms with Gasteiger partial charge < -0.3 is 14.4 Å². The van der Waals surface area contributed by atoms with Crippen LogP contribution in [0, 0.1) is 0 Å². The van der Waals surface area contributed by atoms with Gasteiger partial charge in [0.15, 0.2) is 0 Å². The van der Waals surface area contributed by atoms with Crippen molar-refractivity contribution in [2.75, 3.05) is 33.2 Å². The van der Waals surface area contributed by atoms with E-state index in [9.17, 15) is 0 Å². The maximum Gasteiger partial charge on any atom is 0.225 e. The lowest BCUT2D eigenvalue weighted by atomic mass is 9.94. The first-order valence-corrected chi connectivity index (χ1v) is 11.0. The minimum Gasteiger partial charge on any atom is -0.496 e. The zero-order valence-corrected chi connectivity index (χ0v) is 19.4. The van der Waals surface area contributed by atoms with Gasteiger partial charge in [-0.05, 0) is 11.6 Å². The molecule has 1 aromatic heterocycles. The van der Waals surface area contributed by atoms with E-state index in [1.54, 1.807) is 14.2 Å². The fraction of sp³-hybridized carbons (Fsp3) is 0.138. The number of hydrogen-bond donors (Lipinski definition) is 0. The molecule has 4 nitrogen and oxygen atoms in total. The van der Waals surface area contributed by atoms with Crippen LogP contribution in [0.5, 0.6) is 11.5 Å². The van der Waals surface area contributed by atoms with Gasteiger partial charge in [-0.3, -0.25) is 0 Å². The number of anilines is 1. The third kappa shape index (κ3) is 3.44. The average Bonchev–Trinajstić information content (AvgIpc) is 2.87. The van der Waals surface area contributed by atoms with Crippen molar-refractivity contribution in [1.82, 2.24) is 0 Å². The zero-order chi connectivity index (χ0) is 22.9. The molecule has 5 rings (SSSR count). The van der Waals surface area contributed by atoms with Crippen LogP contribution in [0.2, 0.25) is 0 Å². The fourth-order valence-corrected chi connectivity index (χ4v) is 4.56. The molecular weight excluding hydrogens is 408 g/mol. The van der Waals surface area contributed by atoms with Crippen molar-refractivity contribution in [2.45, 2.75) is 0 Å². The van der Waals surface area contributed by atoms with Crippen LogP contribution in [0.3, 0.4) is 0 Å². The molecule has 0 aliphatic carbocycles. The molecule has 0 saturated heterocycles. The summed E-state index contributed by atoms with van der Waals surface area (Å²) in [7, 11) is 7.57. The third-order valence-corrected chi connectivity index (χ3v) is 6.09. The molecule has 0 saturated carbocycles. The molecule has 4 heteroatoms. The van der Waals surface area contributed by atoms with E-state index < -0.39 is 0 Å². The second-order valence-electron chi connectivity index (χ2n) is 8.20. The first-order valence-electron chi connectivity index (χ1n) is 11.0. The lowest BCUT2D eigenvalue weighted by Gasteiger charge is -2.19. The van der Waals surface area contributed by atoms with Crippen LogP contribution in [-0.2, 0) is 0 Å². The van der Waals surface area contributed by atoms with Crippen LogP contribution in [0.4, 0.5) is 5.69 Å². The van der Waals surface area contributed by atoms with Crippen LogP contribution in [0.25, 0.3) is 38.6 Å². The summed E-state index contributed by atoms with van der Waals surface area (Å²) >= 11 is 0. The summed E-state index contributed by atoms with van der Waals surface area (Å²) in [6, 6.07) is 31.5. The summed E-state index contributed by atoms with van der Waals surface area (Å²) in [5.74, 6) is 1.66. The van der Waals surface area contributed by atoms with E-state index in [0.717, 1.165) is 55.8 Å². The van der Waals surface area contributed by atoms with Gasteiger partial charge in [0, 0.05) is 55.7 Å². The molecule has 164 valence electrons. The largest absolute Gasteiger partial charge is 0.496 e. The topological polar surface area (TPSA) is 25.6 Å². The summed E-state index contributed by atoms with van der Waals surface area (Å²) in [4.78, 5) is 2.11. The Labute approximate surface area is 194 Å². The molecule has 4 aromatic carbocycles. The zero-order valence-electron chi connectivity index (χ0n) is 19.4. The minimum absolute atomic E-state index is 0.826. The normalized spacial score (nSPS) is 11.0. The number of nitrogens with zero attached hydrogens (tertiary/aromatic N) is 2. The van der Waals surface area contributed by atoms with Gasteiger partial charge in [-0.25, -0.2) is 0 Å². The summed E-state index contributed by atoms with van der Waals surface area (Å²) < 4.78 is 14.2. The lowest BCUT2D eigenvalue weighted by Crippen LogP contribution is -2.33. The Hall–Kier alpha value is -4.05. The van der Waals surface area contributed by atoms with Gasteiger partial charge in [0.25, 0.3) is 0 Å². The van der Waals surface area contributed by atoms with Crippen LogP contribution in [0.1, 0.15) is 0 Å². The number of methoxy groups -OCH3 is 2. The van der Waals surface area contributed by atoms with E-state index >= 15 is 0 Å². The summed E-state index contributed by atoms with van der Waals surface area (Å²) in [6.07, 6.45) is 0. The number of pyridine rings is 1. The van der Waals surface area contributed by atoms with Crippen LogP contribution in [-0.4, -0.2) is 28.3 Å². The number of rotatable bonds is 5. The molecule has 0 atom stereocenters. The summed E-state index contributed by atoms with van der Waals surface area (Å²) in [6.45, 7) is 0. The Kier molecular flexibility index (Phi) is 5.35. The molecular formula is C29H27N2O2+. The van der Waals surface area contributed by atoms with Crippen molar-refractivity contribution in [3.05, 3.63) is 91.0 Å². The van der Waals surface area contributed by atoms with Gasteiger partial charge in [0.2, 0.25) is 16.7 Å². The second-order valence-corrected chi connectivity index (χ2v) is 8.20. The van der Waals surface area contributed by atoms with E-state index in [2.05, 4.69) is 90.3 Å². The predicted molar refractivity (Wildman–Crippen MR) is 136 cm³/mol. The first kappa shape index (κ1) is 20.8. The van der Waals surface area contributed by atoms with Gasteiger partial charge in [0.05, 0.1) is 25.0 Å². The number of para-hydroxylation sites is 1. The smallest absolute Gasteiger partial charge is 0.225 e. The van der Waals surface area contributed by atoms with Gasteiger partial charge in [-0.2, -0.15) is 4.57 Å². The second kappa shape index (κ2) is 8.47. The Morgan fingerprint density at radius 3 is 1.91 bits per heavy atom. The van der Waals surface area contributed by atoms with E-state index in [-0.39, 0.29) is 0 Å². The molecule has 0 unspecified atom stereocenters. The Balaban J connectivity index is 2.12. The van der Waals surface area contributed by atoms with Crippen molar-refractivity contribution in [3.8, 4) is 28.3 Å². The molecule has 0 aliphatic rings. The monoisotopic (exact) mass is 435 g/mol. The molecule has 0 N–H and O–H groups in total. The number of hydrogen-bond acceptors (Lipinski definition) is 3. The molecule has 5 aromatic rings. The molecule has 0 bridgehead atoms. The van der Waals surface area contributed by atoms with Crippen LogP contribution >= 0.6 is 0 Å². The van der Waals surface area contributed by atoms with Crippen molar-refractivity contribution in [2.24, 2.45) is 0 Å². The molecule has 0 radical (unpaired) electrons. The van der Waals surface area contributed by atoms with Crippen LogP contribution < -0.4 is 18.9 Å². The van der Waals surface area contributed by atoms with E-state index in [1.807, 2.05) is 24.3 Å². The van der Waals surface area contributed by atoms with Crippen molar-refractivity contribution in [3.63, 3.8) is 0 Å². The molecule has 0 spiro atoms. The summed E-state index contributed by atoms with van der Waals surface area (Å²) in [5.41, 5.74) is 6.53. The SMILES string of the molecule is COc1cccc2c1c(-c1ccccc1)c1c(OC)cc(N(C)C)cc1[n+]2-c1ccccc1. The van der Waals surface area contributed by atoms with Crippen molar-refractivity contribution >= 4 is 27.5 Å². The molecule has 0 fully saturated rings. The minimum atomic E-state index is 0.826. The van der Waals surface area contributed by atoms with Crippen LogP contribution in [0.15, 0.2) is 91.0 Å². The fourth-order valence-electron chi connectivity index (χ4n) is 4.56. The van der Waals surface area contributed by atoms with Gasteiger partial charge in [0.1, 0.15) is 11.5 Å². The Morgan fingerprint density at radius 1 is 0.636 bits per heavy atom.